The van der Waals surface area contributed by atoms with Gasteiger partial charge in [0.25, 0.3) is 0 Å². The molecule has 0 saturated carbocycles. The number of hydrogen-bond donors (Lipinski definition) is 0. The van der Waals surface area contributed by atoms with Crippen molar-refractivity contribution in [2.24, 2.45) is 5.92 Å². The second kappa shape index (κ2) is 9.21. The third-order valence-corrected chi connectivity index (χ3v) is 8.03. The molecular formula is C24H36N4OS. The molecule has 1 saturated heterocycles. The number of aromatic nitrogens is 2. The minimum atomic E-state index is 0.312. The number of aryl methyl sites for hydroxylation is 1. The smallest absolute Gasteiger partial charge is 0.222 e. The van der Waals surface area contributed by atoms with Crippen LogP contribution in [0.15, 0.2) is 0 Å². The van der Waals surface area contributed by atoms with Crippen molar-refractivity contribution in [2.75, 3.05) is 31.1 Å². The quantitative estimate of drug-likeness (QED) is 0.637. The Morgan fingerprint density at radius 2 is 1.97 bits per heavy atom. The van der Waals surface area contributed by atoms with Gasteiger partial charge in [-0.1, -0.05) is 34.1 Å². The number of carbonyl (C=O) groups excluding carboxylic acids is 1. The molecule has 2 aromatic heterocycles. The molecule has 1 aliphatic carbocycles. The molecule has 3 heterocycles. The molecule has 6 heteroatoms. The molecule has 0 spiro atoms. The monoisotopic (exact) mass is 428 g/mol. The van der Waals surface area contributed by atoms with E-state index in [1.54, 1.807) is 0 Å². The normalized spacial score (nSPS) is 20.5. The molecule has 4 rings (SSSR count). The number of fused-ring (bicyclic) bond motifs is 3. The van der Waals surface area contributed by atoms with Gasteiger partial charge in [-0.2, -0.15) is 0 Å². The second-order valence-corrected chi connectivity index (χ2v) is 10.3. The third kappa shape index (κ3) is 4.20. The summed E-state index contributed by atoms with van der Waals surface area (Å²) >= 11 is 1.90. The van der Waals surface area contributed by atoms with Crippen molar-refractivity contribution in [3.05, 3.63) is 16.3 Å². The number of rotatable bonds is 6. The summed E-state index contributed by atoms with van der Waals surface area (Å²) < 4.78 is 0. The van der Waals surface area contributed by atoms with Gasteiger partial charge in [0.15, 0.2) is 0 Å². The van der Waals surface area contributed by atoms with E-state index in [1.807, 2.05) is 16.2 Å². The van der Waals surface area contributed by atoms with E-state index in [9.17, 15) is 4.79 Å². The van der Waals surface area contributed by atoms with Crippen LogP contribution >= 0.6 is 11.3 Å². The van der Waals surface area contributed by atoms with Crippen LogP contribution in [0.4, 0.5) is 5.82 Å². The van der Waals surface area contributed by atoms with Crippen molar-refractivity contribution >= 4 is 33.3 Å². The molecule has 0 N–H and O–H groups in total. The molecule has 2 aromatic rings. The number of unbranched alkanes of at least 4 members (excludes halogenated alkanes) is 1. The number of piperazine rings is 1. The Morgan fingerprint density at radius 3 is 2.67 bits per heavy atom. The molecule has 5 nitrogen and oxygen atoms in total. The topological polar surface area (TPSA) is 49.3 Å². The van der Waals surface area contributed by atoms with E-state index < -0.39 is 0 Å². The Bertz CT molecular complexity index is 900. The first-order valence-corrected chi connectivity index (χ1v) is 12.7. The Kier molecular flexibility index (Phi) is 6.61. The van der Waals surface area contributed by atoms with Crippen molar-refractivity contribution in [1.82, 2.24) is 14.9 Å². The first-order valence-electron chi connectivity index (χ1n) is 11.9. The summed E-state index contributed by atoms with van der Waals surface area (Å²) in [6.45, 7) is 12.3. The fraction of sp³-hybridized carbons (Fsp3) is 0.708. The highest BCUT2D eigenvalue weighted by molar-refractivity contribution is 7.19. The molecule has 1 fully saturated rings. The molecule has 0 radical (unpaired) electrons. The molecule has 30 heavy (non-hydrogen) atoms. The molecular weight excluding hydrogens is 392 g/mol. The fourth-order valence-corrected chi connectivity index (χ4v) is 6.01. The van der Waals surface area contributed by atoms with Crippen molar-refractivity contribution in [2.45, 2.75) is 78.6 Å². The van der Waals surface area contributed by atoms with E-state index in [1.165, 1.54) is 33.5 Å². The molecule has 0 aromatic carbocycles. The van der Waals surface area contributed by atoms with Gasteiger partial charge in [-0.3, -0.25) is 4.79 Å². The number of hydrogen-bond acceptors (Lipinski definition) is 5. The van der Waals surface area contributed by atoms with Gasteiger partial charge >= 0.3 is 0 Å². The largest absolute Gasteiger partial charge is 0.352 e. The van der Waals surface area contributed by atoms with E-state index >= 15 is 0 Å². The lowest BCUT2D eigenvalue weighted by Crippen LogP contribution is -2.49. The van der Waals surface area contributed by atoms with Crippen LogP contribution in [0.3, 0.4) is 0 Å². The highest BCUT2D eigenvalue weighted by Gasteiger charge is 2.29. The van der Waals surface area contributed by atoms with Crippen LogP contribution in [0.1, 0.15) is 82.0 Å². The van der Waals surface area contributed by atoms with E-state index in [4.69, 9.17) is 9.97 Å². The number of amides is 1. The van der Waals surface area contributed by atoms with Gasteiger partial charge < -0.3 is 9.80 Å². The second-order valence-electron chi connectivity index (χ2n) is 9.22. The lowest BCUT2D eigenvalue weighted by molar-refractivity contribution is -0.131. The first-order chi connectivity index (χ1) is 14.5. The van der Waals surface area contributed by atoms with Crippen molar-refractivity contribution in [3.8, 4) is 0 Å². The molecule has 164 valence electrons. The van der Waals surface area contributed by atoms with Gasteiger partial charge in [0, 0.05) is 43.4 Å². The zero-order chi connectivity index (χ0) is 21.3. The molecule has 2 atom stereocenters. The predicted octanol–water partition coefficient (Wildman–Crippen LogP) is 5.17. The summed E-state index contributed by atoms with van der Waals surface area (Å²) in [5.41, 5.74) is 1.50. The number of carbonyl (C=O) groups is 1. The SMILES string of the molecule is CCCCC(=O)N1CCN(c2nc([C@H](C)CC)nc3sc4c(c23)CC[C@@H](C)C4)CC1. The number of thiophene rings is 1. The summed E-state index contributed by atoms with van der Waals surface area (Å²) in [6, 6.07) is 0. The highest BCUT2D eigenvalue weighted by atomic mass is 32.1. The van der Waals surface area contributed by atoms with Gasteiger partial charge in [0.05, 0.1) is 5.39 Å². The van der Waals surface area contributed by atoms with Gasteiger partial charge in [-0.25, -0.2) is 9.97 Å². The van der Waals surface area contributed by atoms with Crippen molar-refractivity contribution in [3.63, 3.8) is 0 Å². The zero-order valence-corrected chi connectivity index (χ0v) is 19.9. The first kappa shape index (κ1) is 21.5. The lowest BCUT2D eigenvalue weighted by Gasteiger charge is -2.36. The van der Waals surface area contributed by atoms with E-state index in [2.05, 4.69) is 32.6 Å². The highest BCUT2D eigenvalue weighted by Crippen LogP contribution is 2.41. The van der Waals surface area contributed by atoms with Crippen LogP contribution in [-0.4, -0.2) is 47.0 Å². The Hall–Kier alpha value is -1.69. The Morgan fingerprint density at radius 1 is 1.20 bits per heavy atom. The van der Waals surface area contributed by atoms with E-state index in [-0.39, 0.29) is 0 Å². The standard InChI is InChI=1S/C24H36N4OS/c1-5-7-8-20(29)27-11-13-28(14-12-27)23-21-18-10-9-16(3)15-19(18)30-24(21)26-22(25-23)17(4)6-2/h16-17H,5-15H2,1-4H3/t16-,17-/m1/s1. The average Bonchev–Trinajstić information content (AvgIpc) is 3.13. The minimum absolute atomic E-state index is 0.312. The summed E-state index contributed by atoms with van der Waals surface area (Å²) in [5.74, 6) is 3.54. The molecule has 2 aliphatic rings. The Labute approximate surface area is 184 Å². The van der Waals surface area contributed by atoms with E-state index in [0.29, 0.717) is 18.2 Å². The Balaban J connectivity index is 1.65. The maximum Gasteiger partial charge on any atom is 0.222 e. The minimum Gasteiger partial charge on any atom is -0.352 e. The maximum atomic E-state index is 12.5. The van der Waals surface area contributed by atoms with Crippen LogP contribution < -0.4 is 4.90 Å². The molecule has 0 bridgehead atoms. The maximum absolute atomic E-state index is 12.5. The van der Waals surface area contributed by atoms with Gasteiger partial charge in [0.1, 0.15) is 16.5 Å². The summed E-state index contributed by atoms with van der Waals surface area (Å²) in [7, 11) is 0. The van der Waals surface area contributed by atoms with Crippen LogP contribution in [0.2, 0.25) is 0 Å². The van der Waals surface area contributed by atoms with Crippen molar-refractivity contribution < 1.29 is 4.79 Å². The molecule has 1 aliphatic heterocycles. The van der Waals surface area contributed by atoms with E-state index in [0.717, 1.165) is 69.4 Å². The summed E-state index contributed by atoms with van der Waals surface area (Å²) in [4.78, 5) is 29.8. The fourth-order valence-electron chi connectivity index (χ4n) is 4.62. The third-order valence-electron chi connectivity index (χ3n) is 6.88. The number of nitrogens with zero attached hydrogens (tertiary/aromatic N) is 4. The van der Waals surface area contributed by atoms with Crippen LogP contribution in [0.5, 0.6) is 0 Å². The van der Waals surface area contributed by atoms with Gasteiger partial charge in [-0.15, -0.1) is 11.3 Å². The average molecular weight is 429 g/mol. The molecule has 0 unspecified atom stereocenters. The summed E-state index contributed by atoms with van der Waals surface area (Å²) in [5, 5.41) is 1.31. The molecule has 1 amide bonds. The summed E-state index contributed by atoms with van der Waals surface area (Å²) in [6.07, 6.45) is 7.37. The van der Waals surface area contributed by atoms with Gasteiger partial charge in [0.2, 0.25) is 5.91 Å². The van der Waals surface area contributed by atoms with Gasteiger partial charge in [-0.05, 0) is 43.6 Å². The zero-order valence-electron chi connectivity index (χ0n) is 19.0. The lowest BCUT2D eigenvalue weighted by atomic mass is 9.89. The van der Waals surface area contributed by atoms with Crippen LogP contribution in [0, 0.1) is 5.92 Å². The van der Waals surface area contributed by atoms with Crippen LogP contribution in [0.25, 0.3) is 10.2 Å². The van der Waals surface area contributed by atoms with Crippen LogP contribution in [-0.2, 0) is 17.6 Å². The predicted molar refractivity (Wildman–Crippen MR) is 126 cm³/mol. The number of anilines is 1. The van der Waals surface area contributed by atoms with Crippen molar-refractivity contribution in [1.29, 1.82) is 0 Å².